The van der Waals surface area contributed by atoms with E-state index in [-0.39, 0.29) is 23.9 Å². The number of hydrogen-bond donors (Lipinski definition) is 3. The highest BCUT2D eigenvalue weighted by Gasteiger charge is 2.30. The van der Waals surface area contributed by atoms with Gasteiger partial charge in [0.05, 0.1) is 31.0 Å². The molecule has 4 heterocycles. The number of methoxy groups -OCH3 is 1. The monoisotopic (exact) mass is 668 g/mol. The molecule has 3 N–H and O–H groups in total. The van der Waals surface area contributed by atoms with Gasteiger partial charge in [-0.1, -0.05) is 36.6 Å². The molecule has 2 aromatic heterocycles. The molecule has 4 aromatic rings. The van der Waals surface area contributed by atoms with Crippen molar-refractivity contribution >= 4 is 41.1 Å². The van der Waals surface area contributed by atoms with Crippen LogP contribution in [-0.2, 0) is 25.5 Å². The Kier molecular flexibility index (Phi) is 9.77. The summed E-state index contributed by atoms with van der Waals surface area (Å²) >= 11 is 6.24. The topological polar surface area (TPSA) is 184 Å². The quantitative estimate of drug-likeness (QED) is 0.194. The molecule has 14 nitrogen and oxygen atoms in total. The van der Waals surface area contributed by atoms with E-state index in [0.717, 1.165) is 6.42 Å². The van der Waals surface area contributed by atoms with E-state index < -0.39 is 18.1 Å². The number of carbonyl (C=O) groups is 3. The fourth-order valence-electron chi connectivity index (χ4n) is 5.81. The number of tetrazole rings is 1. The number of nitriles is 1. The number of halogens is 1. The number of benzene rings is 2. The molecule has 6 rings (SSSR count). The number of H-pyrrole nitrogens is 1. The second-order valence-corrected chi connectivity index (χ2v) is 12.0. The largest absolute Gasteiger partial charge is 0.469 e. The predicted octanol–water partition coefficient (Wildman–Crippen LogP) is 3.75. The van der Waals surface area contributed by atoms with Crippen molar-refractivity contribution in [3.8, 4) is 23.0 Å². The van der Waals surface area contributed by atoms with Crippen molar-refractivity contribution in [3.05, 3.63) is 76.5 Å². The fourth-order valence-corrected chi connectivity index (χ4v) is 5.99. The Morgan fingerprint density at radius 3 is 2.71 bits per heavy atom. The summed E-state index contributed by atoms with van der Waals surface area (Å²) in [6.45, 7) is 1.42. The first-order chi connectivity index (χ1) is 23.3. The van der Waals surface area contributed by atoms with Gasteiger partial charge in [-0.05, 0) is 65.6 Å². The Labute approximate surface area is 281 Å². The Morgan fingerprint density at radius 2 is 1.98 bits per heavy atom. The summed E-state index contributed by atoms with van der Waals surface area (Å²) in [4.78, 5) is 48.7. The first-order valence-corrected chi connectivity index (χ1v) is 16.0. The van der Waals surface area contributed by atoms with E-state index in [4.69, 9.17) is 16.3 Å². The first-order valence-electron chi connectivity index (χ1n) is 15.6. The SMILES string of the molecule is COC(=O)Cc1ccc2c(c1)N[C@@H](C(=O)N1CCC1)CCCC[C@H](NC(=O)/C=C/c1cc(Cl)ccc1-n1cnnn1)c1nc(C#N)c-2[nH]1. The molecule has 0 aliphatic carbocycles. The van der Waals surface area contributed by atoms with Crippen LogP contribution >= 0.6 is 11.6 Å². The molecule has 2 amide bonds. The number of fused-ring (bicyclic) bond motifs is 4. The van der Waals surface area contributed by atoms with E-state index in [2.05, 4.69) is 42.2 Å². The number of esters is 1. The van der Waals surface area contributed by atoms with Crippen LogP contribution in [0, 0.1) is 11.3 Å². The fraction of sp³-hybridized carbons (Fsp3) is 0.333. The summed E-state index contributed by atoms with van der Waals surface area (Å²) in [5, 5.41) is 28.4. The Morgan fingerprint density at radius 1 is 1.15 bits per heavy atom. The van der Waals surface area contributed by atoms with Gasteiger partial charge in [-0.2, -0.15) is 9.94 Å². The van der Waals surface area contributed by atoms with Gasteiger partial charge in [0.15, 0.2) is 5.69 Å². The highest BCUT2D eigenvalue weighted by atomic mass is 35.5. The van der Waals surface area contributed by atoms with Crippen molar-refractivity contribution in [3.63, 3.8) is 0 Å². The zero-order chi connectivity index (χ0) is 33.6. The maximum Gasteiger partial charge on any atom is 0.309 e. The van der Waals surface area contributed by atoms with E-state index >= 15 is 0 Å². The van der Waals surface area contributed by atoms with E-state index in [1.165, 1.54) is 24.2 Å². The van der Waals surface area contributed by atoms with Gasteiger partial charge in [0.1, 0.15) is 24.3 Å². The molecular weight excluding hydrogens is 636 g/mol. The molecule has 0 unspecified atom stereocenters. The van der Waals surface area contributed by atoms with Crippen LogP contribution in [-0.4, -0.2) is 79.1 Å². The maximum absolute atomic E-state index is 13.5. The number of nitrogens with zero attached hydrogens (tertiary/aromatic N) is 7. The van der Waals surface area contributed by atoms with Gasteiger partial charge in [0, 0.05) is 41.0 Å². The average molecular weight is 669 g/mol. The molecule has 0 spiro atoms. The lowest BCUT2D eigenvalue weighted by Crippen LogP contribution is -2.49. The number of nitrogens with one attached hydrogen (secondary N) is 3. The Bertz CT molecular complexity index is 1890. The lowest BCUT2D eigenvalue weighted by atomic mass is 9.99. The van der Waals surface area contributed by atoms with Crippen molar-refractivity contribution in [1.82, 2.24) is 40.4 Å². The van der Waals surface area contributed by atoms with Gasteiger partial charge in [-0.25, -0.2) is 4.98 Å². The van der Waals surface area contributed by atoms with Crippen molar-refractivity contribution in [2.75, 3.05) is 25.5 Å². The van der Waals surface area contributed by atoms with Gasteiger partial charge in [-0.15, -0.1) is 5.10 Å². The van der Waals surface area contributed by atoms with E-state index in [9.17, 15) is 19.6 Å². The normalized spacial score (nSPS) is 17.6. The summed E-state index contributed by atoms with van der Waals surface area (Å²) in [6, 6.07) is 11.6. The molecule has 2 aromatic carbocycles. The minimum Gasteiger partial charge on any atom is -0.469 e. The molecule has 2 bridgehead atoms. The third kappa shape index (κ3) is 7.21. The number of rotatable bonds is 7. The highest BCUT2D eigenvalue weighted by Crippen LogP contribution is 2.34. The number of anilines is 1. The summed E-state index contributed by atoms with van der Waals surface area (Å²) in [6.07, 6.45) is 7.91. The zero-order valence-corrected chi connectivity index (χ0v) is 26.9. The standard InChI is InChI=1S/C33H33ClN10O4/c1-48-30(46)16-20-7-10-23-26(15-20)37-25(33(47)43-13-4-14-43)6-3-2-5-24(32-39-27(18-35)31(23)40-32)38-29(45)12-8-21-17-22(34)9-11-28(21)44-19-36-41-42-44/h7-12,15,17,19,24-25,37H,2-6,13-14,16H2,1H3,(H,38,45)(H,39,40)/b12-8+/t24-,25+/m0/s1. The van der Waals surface area contributed by atoms with Gasteiger partial charge in [0.25, 0.3) is 0 Å². The van der Waals surface area contributed by atoms with Crippen LogP contribution in [0.2, 0.25) is 5.02 Å². The summed E-state index contributed by atoms with van der Waals surface area (Å²) in [5.41, 5.74) is 3.73. The van der Waals surface area contributed by atoms with Crippen LogP contribution in [0.5, 0.6) is 0 Å². The van der Waals surface area contributed by atoms with Crippen molar-refractivity contribution in [2.24, 2.45) is 0 Å². The number of likely N-dealkylation sites (tertiary alicyclic amines) is 1. The van der Waals surface area contributed by atoms with Crippen molar-refractivity contribution in [2.45, 2.75) is 50.6 Å². The molecule has 0 saturated carbocycles. The Hall–Kier alpha value is -5.55. The minimum absolute atomic E-state index is 0.00508. The molecule has 2 atom stereocenters. The van der Waals surface area contributed by atoms with Gasteiger partial charge >= 0.3 is 5.97 Å². The summed E-state index contributed by atoms with van der Waals surface area (Å²) in [7, 11) is 1.33. The van der Waals surface area contributed by atoms with Crippen molar-refractivity contribution in [1.29, 1.82) is 5.26 Å². The van der Waals surface area contributed by atoms with E-state index in [1.54, 1.807) is 42.5 Å². The number of aromatic nitrogens is 6. The van der Waals surface area contributed by atoms with Gasteiger partial charge < -0.3 is 25.3 Å². The van der Waals surface area contributed by atoms with E-state index in [0.29, 0.717) is 83.4 Å². The van der Waals surface area contributed by atoms with Crippen LogP contribution in [0.4, 0.5) is 5.69 Å². The second kappa shape index (κ2) is 14.5. The minimum atomic E-state index is -0.555. The number of aromatic amines is 1. The molecule has 48 heavy (non-hydrogen) atoms. The van der Waals surface area contributed by atoms with Crippen LogP contribution in [0.3, 0.4) is 0 Å². The summed E-state index contributed by atoms with van der Waals surface area (Å²) < 4.78 is 6.33. The zero-order valence-electron chi connectivity index (χ0n) is 26.1. The first kappa shape index (κ1) is 32.4. The second-order valence-electron chi connectivity index (χ2n) is 11.6. The van der Waals surface area contributed by atoms with Crippen LogP contribution in [0.25, 0.3) is 23.0 Å². The smallest absolute Gasteiger partial charge is 0.309 e. The molecular formula is C33H33ClN10O4. The van der Waals surface area contributed by atoms with Crippen molar-refractivity contribution < 1.29 is 19.1 Å². The molecule has 1 saturated heterocycles. The number of hydrogen-bond acceptors (Lipinski definition) is 10. The molecule has 2 aliphatic rings. The molecule has 246 valence electrons. The maximum atomic E-state index is 13.5. The average Bonchev–Trinajstić information content (AvgIpc) is 3.74. The number of imidazole rings is 1. The third-order valence-corrected chi connectivity index (χ3v) is 8.67. The number of amides is 2. The highest BCUT2D eigenvalue weighted by molar-refractivity contribution is 6.30. The molecule has 1 fully saturated rings. The van der Waals surface area contributed by atoms with Crippen LogP contribution in [0.1, 0.15) is 60.8 Å². The van der Waals surface area contributed by atoms with Gasteiger partial charge in [-0.3, -0.25) is 14.4 Å². The van der Waals surface area contributed by atoms with Gasteiger partial charge in [0.2, 0.25) is 11.8 Å². The summed E-state index contributed by atoms with van der Waals surface area (Å²) in [5.74, 6) is -0.344. The lowest BCUT2D eigenvalue weighted by molar-refractivity contribution is -0.140. The van der Waals surface area contributed by atoms with Crippen LogP contribution in [0.15, 0.2) is 48.8 Å². The third-order valence-electron chi connectivity index (χ3n) is 8.43. The Balaban J connectivity index is 1.32. The predicted molar refractivity (Wildman–Crippen MR) is 176 cm³/mol. The van der Waals surface area contributed by atoms with Crippen LogP contribution < -0.4 is 10.6 Å². The van der Waals surface area contributed by atoms with E-state index in [1.807, 2.05) is 4.90 Å². The molecule has 2 aliphatic heterocycles. The lowest BCUT2D eigenvalue weighted by Gasteiger charge is -2.35. The molecule has 0 radical (unpaired) electrons. The number of ether oxygens (including phenoxy) is 1. The molecule has 15 heteroatoms. The number of carbonyl (C=O) groups excluding carboxylic acids is 3.